The summed E-state index contributed by atoms with van der Waals surface area (Å²) >= 11 is 0. The lowest BCUT2D eigenvalue weighted by Gasteiger charge is -2.11. The van der Waals surface area contributed by atoms with E-state index < -0.39 is 0 Å². The maximum absolute atomic E-state index is 12.8. The molecule has 0 radical (unpaired) electrons. The van der Waals surface area contributed by atoms with Crippen molar-refractivity contribution in [3.05, 3.63) is 78.5 Å². The van der Waals surface area contributed by atoms with Gasteiger partial charge in [-0.1, -0.05) is 30.3 Å². The second kappa shape index (κ2) is 8.10. The minimum Gasteiger partial charge on any atom is -0.493 e. The van der Waals surface area contributed by atoms with Gasteiger partial charge >= 0.3 is 0 Å². The first-order valence-electron chi connectivity index (χ1n) is 10.4. The van der Waals surface area contributed by atoms with Crippen LogP contribution >= 0.6 is 0 Å². The largest absolute Gasteiger partial charge is 0.493 e. The molecule has 0 saturated carbocycles. The number of carbonyl (C=O) groups excluding carboxylic acids is 1. The molecular weight excluding hydrogens is 390 g/mol. The minimum absolute atomic E-state index is 0.234. The van der Waals surface area contributed by atoms with Crippen LogP contribution < -0.4 is 10.1 Å². The summed E-state index contributed by atoms with van der Waals surface area (Å²) in [6, 6.07) is 17.3. The number of imidazole rings is 1. The molecule has 1 aliphatic rings. The van der Waals surface area contributed by atoms with E-state index in [1.165, 1.54) is 20.0 Å². The zero-order valence-corrected chi connectivity index (χ0v) is 17.3. The molecule has 2 aromatic carbocycles. The number of hydrogen-bond donors (Lipinski definition) is 1. The van der Waals surface area contributed by atoms with Crippen molar-refractivity contribution in [3.8, 4) is 22.7 Å². The number of methoxy groups -OCH3 is 1. The molecule has 7 nitrogen and oxygen atoms in total. The molecular formula is C24H23N5O2. The fraction of sp³-hybridized carbons (Fsp3) is 0.208. The number of ether oxygens (including phenoxy) is 1. The Morgan fingerprint density at radius 3 is 2.58 bits per heavy atom. The first-order valence-corrected chi connectivity index (χ1v) is 10.4. The van der Waals surface area contributed by atoms with E-state index in [0.29, 0.717) is 11.4 Å². The molecule has 5 rings (SSSR count). The molecule has 0 spiro atoms. The van der Waals surface area contributed by atoms with Gasteiger partial charge in [-0.3, -0.25) is 4.79 Å². The predicted molar refractivity (Wildman–Crippen MR) is 119 cm³/mol. The van der Waals surface area contributed by atoms with Crippen molar-refractivity contribution in [3.63, 3.8) is 0 Å². The Hall–Kier alpha value is -3.87. The first kappa shape index (κ1) is 19.1. The van der Waals surface area contributed by atoms with E-state index >= 15 is 0 Å². The Morgan fingerprint density at radius 2 is 1.84 bits per heavy atom. The topological polar surface area (TPSA) is 74.0 Å². The Kier molecular flexibility index (Phi) is 5.00. The van der Waals surface area contributed by atoms with Crippen molar-refractivity contribution < 1.29 is 9.53 Å². The van der Waals surface area contributed by atoms with Crippen molar-refractivity contribution in [2.45, 2.75) is 25.8 Å². The number of nitrogens with zero attached hydrogens (tertiary/aromatic N) is 4. The maximum atomic E-state index is 12.8. The number of aryl methyl sites for hydroxylation is 2. The van der Waals surface area contributed by atoms with E-state index in [4.69, 9.17) is 9.72 Å². The second-order valence-electron chi connectivity index (χ2n) is 7.55. The smallest absolute Gasteiger partial charge is 0.280 e. The van der Waals surface area contributed by atoms with Crippen molar-refractivity contribution in [2.75, 3.05) is 12.4 Å². The lowest BCUT2D eigenvalue weighted by atomic mass is 10.1. The number of benzene rings is 2. The number of nitrogens with one attached hydrogen (secondary N) is 1. The van der Waals surface area contributed by atoms with Crippen molar-refractivity contribution in [1.29, 1.82) is 0 Å². The summed E-state index contributed by atoms with van der Waals surface area (Å²) in [4.78, 5) is 17.6. The third-order valence-electron chi connectivity index (χ3n) is 5.48. The Labute approximate surface area is 180 Å². The Balaban J connectivity index is 1.34. The number of fused-ring (bicyclic) bond motifs is 1. The first-order chi connectivity index (χ1) is 15.2. The van der Waals surface area contributed by atoms with Crippen LogP contribution in [-0.4, -0.2) is 32.3 Å². The highest BCUT2D eigenvalue weighted by Crippen LogP contribution is 2.25. The van der Waals surface area contributed by atoms with Crippen molar-refractivity contribution in [1.82, 2.24) is 19.3 Å². The van der Waals surface area contributed by atoms with Gasteiger partial charge < -0.3 is 14.6 Å². The monoisotopic (exact) mass is 413 g/mol. The van der Waals surface area contributed by atoms with Gasteiger partial charge in [-0.2, -0.15) is 5.10 Å². The Bertz CT molecular complexity index is 1190. The van der Waals surface area contributed by atoms with Crippen LogP contribution in [0.5, 0.6) is 5.75 Å². The fourth-order valence-electron chi connectivity index (χ4n) is 3.84. The molecule has 31 heavy (non-hydrogen) atoms. The van der Waals surface area contributed by atoms with E-state index in [9.17, 15) is 4.79 Å². The molecule has 0 saturated heterocycles. The summed E-state index contributed by atoms with van der Waals surface area (Å²) in [7, 11) is 1.53. The SMILES string of the molecule is COc1cn(-c2ccccc2)nc1C(=O)Nc1ccc(-c2cn3c(n2)CCCC3)cc1. The zero-order valence-electron chi connectivity index (χ0n) is 17.3. The maximum Gasteiger partial charge on any atom is 0.280 e. The van der Waals surface area contributed by atoms with Gasteiger partial charge in [0.25, 0.3) is 5.91 Å². The normalized spacial score (nSPS) is 12.9. The number of anilines is 1. The van der Waals surface area contributed by atoms with Gasteiger partial charge in [0.1, 0.15) is 5.82 Å². The van der Waals surface area contributed by atoms with Gasteiger partial charge in [0.05, 0.1) is 24.7 Å². The molecule has 2 aromatic heterocycles. The van der Waals surface area contributed by atoms with Gasteiger partial charge in [0.15, 0.2) is 11.4 Å². The number of para-hydroxylation sites is 1. The number of rotatable bonds is 5. The number of aromatic nitrogens is 4. The van der Waals surface area contributed by atoms with Gasteiger partial charge in [-0.25, -0.2) is 9.67 Å². The lowest BCUT2D eigenvalue weighted by Crippen LogP contribution is -2.14. The van der Waals surface area contributed by atoms with Crippen LogP contribution in [0.25, 0.3) is 16.9 Å². The lowest BCUT2D eigenvalue weighted by molar-refractivity contribution is 0.101. The Morgan fingerprint density at radius 1 is 1.03 bits per heavy atom. The molecule has 0 bridgehead atoms. The highest BCUT2D eigenvalue weighted by atomic mass is 16.5. The summed E-state index contributed by atoms with van der Waals surface area (Å²) in [5.74, 6) is 1.25. The highest BCUT2D eigenvalue weighted by Gasteiger charge is 2.19. The van der Waals surface area contributed by atoms with E-state index in [0.717, 1.165) is 35.7 Å². The van der Waals surface area contributed by atoms with E-state index in [1.54, 1.807) is 10.9 Å². The molecule has 0 atom stereocenters. The zero-order chi connectivity index (χ0) is 21.2. The van der Waals surface area contributed by atoms with Gasteiger partial charge in [-0.05, 0) is 37.1 Å². The van der Waals surface area contributed by atoms with Crippen molar-refractivity contribution >= 4 is 11.6 Å². The van der Waals surface area contributed by atoms with Crippen LogP contribution in [0, 0.1) is 0 Å². The summed E-state index contributed by atoms with van der Waals surface area (Å²) in [6.07, 6.45) is 7.25. The van der Waals surface area contributed by atoms with Crippen LogP contribution in [0.4, 0.5) is 5.69 Å². The van der Waals surface area contributed by atoms with Gasteiger partial charge in [-0.15, -0.1) is 0 Å². The minimum atomic E-state index is -0.322. The molecule has 4 aromatic rings. The molecule has 1 amide bonds. The molecule has 156 valence electrons. The third kappa shape index (κ3) is 3.82. The number of carbonyl (C=O) groups is 1. The predicted octanol–water partition coefficient (Wildman–Crippen LogP) is 4.33. The molecule has 0 fully saturated rings. The summed E-state index contributed by atoms with van der Waals surface area (Å²) in [5.41, 5.74) is 3.78. The standard InChI is InChI=1S/C24H23N5O2/c1-31-21-16-29(19-7-3-2-4-8-19)27-23(21)24(30)25-18-12-10-17(11-13-18)20-15-28-14-6-5-9-22(28)26-20/h2-4,7-8,10-13,15-16H,5-6,9,14H2,1H3,(H,25,30). The molecule has 7 heteroatoms. The number of amides is 1. The van der Waals surface area contributed by atoms with Crippen LogP contribution in [0.15, 0.2) is 67.0 Å². The molecule has 1 N–H and O–H groups in total. The average molecular weight is 413 g/mol. The average Bonchev–Trinajstić information content (AvgIpc) is 3.45. The van der Waals surface area contributed by atoms with Gasteiger partial charge in [0, 0.05) is 30.4 Å². The van der Waals surface area contributed by atoms with Crippen LogP contribution in [0.1, 0.15) is 29.2 Å². The van der Waals surface area contributed by atoms with Crippen LogP contribution in [0.2, 0.25) is 0 Å². The highest BCUT2D eigenvalue weighted by molar-refractivity contribution is 6.04. The number of hydrogen-bond acceptors (Lipinski definition) is 4. The third-order valence-corrected chi connectivity index (χ3v) is 5.48. The second-order valence-corrected chi connectivity index (χ2v) is 7.55. The summed E-state index contributed by atoms with van der Waals surface area (Å²) in [5, 5.41) is 7.32. The molecule has 0 aliphatic carbocycles. The van der Waals surface area contributed by atoms with E-state index in [1.807, 2.05) is 54.6 Å². The van der Waals surface area contributed by atoms with Crippen LogP contribution in [-0.2, 0) is 13.0 Å². The van der Waals surface area contributed by atoms with Gasteiger partial charge in [0.2, 0.25) is 0 Å². The molecule has 0 unspecified atom stereocenters. The fourth-order valence-corrected chi connectivity index (χ4v) is 3.84. The van der Waals surface area contributed by atoms with E-state index in [2.05, 4.69) is 21.2 Å². The summed E-state index contributed by atoms with van der Waals surface area (Å²) < 4.78 is 9.24. The summed E-state index contributed by atoms with van der Waals surface area (Å²) in [6.45, 7) is 1.04. The molecule has 3 heterocycles. The van der Waals surface area contributed by atoms with Crippen LogP contribution in [0.3, 0.4) is 0 Å². The molecule has 1 aliphatic heterocycles. The quantitative estimate of drug-likeness (QED) is 0.528. The van der Waals surface area contributed by atoms with E-state index in [-0.39, 0.29) is 11.6 Å². The van der Waals surface area contributed by atoms with Crippen molar-refractivity contribution in [2.24, 2.45) is 0 Å².